The van der Waals surface area contributed by atoms with Crippen LogP contribution in [-0.2, 0) is 32.3 Å². The molecule has 4 rings (SSSR count). The standard InChI is InChI=1S/2C16H21NO4/c2*1-2-13-8-17(9-14(13)15(19)10-18)16(20)21-11-12-6-4-3-5-7-12/h2*3-7,13-14,18H,2,8-11H2,1H3/t2*13-,14+/m10/s1. The van der Waals surface area contributed by atoms with Crippen LogP contribution in [0.2, 0.25) is 0 Å². The molecule has 0 unspecified atom stereocenters. The van der Waals surface area contributed by atoms with Gasteiger partial charge in [0.1, 0.15) is 26.4 Å². The van der Waals surface area contributed by atoms with Crippen molar-refractivity contribution < 1.29 is 38.9 Å². The van der Waals surface area contributed by atoms with Crippen LogP contribution < -0.4 is 0 Å². The van der Waals surface area contributed by atoms with Crippen molar-refractivity contribution in [2.75, 3.05) is 39.4 Å². The van der Waals surface area contributed by atoms with E-state index in [-0.39, 0.29) is 48.5 Å². The third kappa shape index (κ3) is 9.12. The fourth-order valence-corrected chi connectivity index (χ4v) is 5.45. The predicted molar refractivity (Wildman–Crippen MR) is 155 cm³/mol. The minimum atomic E-state index is -0.464. The van der Waals surface area contributed by atoms with Crippen LogP contribution in [0.3, 0.4) is 0 Å². The van der Waals surface area contributed by atoms with Gasteiger partial charge in [-0.05, 0) is 23.0 Å². The van der Waals surface area contributed by atoms with Crippen LogP contribution in [0, 0.1) is 23.7 Å². The van der Waals surface area contributed by atoms with Gasteiger partial charge in [-0.25, -0.2) is 9.59 Å². The molecule has 2 aliphatic heterocycles. The normalized spacial score (nSPS) is 21.3. The van der Waals surface area contributed by atoms with Gasteiger partial charge in [0.05, 0.1) is 0 Å². The maximum atomic E-state index is 12.1. The Labute approximate surface area is 247 Å². The quantitative estimate of drug-likeness (QED) is 0.433. The Morgan fingerprint density at radius 3 is 1.31 bits per heavy atom. The largest absolute Gasteiger partial charge is 0.445 e. The lowest BCUT2D eigenvalue weighted by Crippen LogP contribution is -2.31. The molecule has 0 aromatic heterocycles. The highest BCUT2D eigenvalue weighted by Gasteiger charge is 2.39. The second-order valence-electron chi connectivity index (χ2n) is 10.7. The maximum Gasteiger partial charge on any atom is 0.410 e. The number of carbonyl (C=O) groups excluding carboxylic acids is 4. The molecule has 42 heavy (non-hydrogen) atoms. The zero-order valence-electron chi connectivity index (χ0n) is 24.4. The second kappa shape index (κ2) is 16.6. The summed E-state index contributed by atoms with van der Waals surface area (Å²) in [6.07, 6.45) is 0.814. The fourth-order valence-electron chi connectivity index (χ4n) is 5.45. The van der Waals surface area contributed by atoms with Gasteiger partial charge in [0.2, 0.25) is 0 Å². The van der Waals surface area contributed by atoms with E-state index in [1.165, 1.54) is 0 Å². The summed E-state index contributed by atoms with van der Waals surface area (Å²) < 4.78 is 10.6. The molecule has 2 amide bonds. The molecule has 4 atom stereocenters. The number of ether oxygens (including phenoxy) is 2. The summed E-state index contributed by atoms with van der Waals surface area (Å²) in [7, 11) is 0. The number of Topliss-reactive ketones (excluding diaryl/α,β-unsaturated/α-hetero) is 2. The first-order valence-electron chi connectivity index (χ1n) is 14.5. The summed E-state index contributed by atoms with van der Waals surface area (Å²) in [5.74, 6) is -0.725. The van der Waals surface area contributed by atoms with Gasteiger partial charge < -0.3 is 29.5 Å². The van der Waals surface area contributed by atoms with Crippen LogP contribution in [0.5, 0.6) is 0 Å². The second-order valence-corrected chi connectivity index (χ2v) is 10.7. The molecule has 2 N–H and O–H groups in total. The lowest BCUT2D eigenvalue weighted by atomic mass is 9.90. The molecular weight excluding hydrogens is 540 g/mol. The number of likely N-dealkylation sites (tertiary alicyclic amines) is 2. The van der Waals surface area contributed by atoms with Crippen molar-refractivity contribution in [3.63, 3.8) is 0 Å². The van der Waals surface area contributed by atoms with Crippen molar-refractivity contribution in [1.82, 2.24) is 9.80 Å². The number of carbonyl (C=O) groups is 4. The Hall–Kier alpha value is -3.76. The number of benzene rings is 2. The van der Waals surface area contributed by atoms with E-state index in [1.807, 2.05) is 74.5 Å². The molecule has 0 bridgehead atoms. The number of ketones is 2. The van der Waals surface area contributed by atoms with Gasteiger partial charge in [0, 0.05) is 38.0 Å². The van der Waals surface area contributed by atoms with Gasteiger partial charge in [-0.2, -0.15) is 0 Å². The molecule has 2 saturated heterocycles. The van der Waals surface area contributed by atoms with E-state index in [2.05, 4.69) is 0 Å². The molecule has 2 aromatic rings. The number of aliphatic hydroxyl groups excluding tert-OH is 2. The lowest BCUT2D eigenvalue weighted by molar-refractivity contribution is -0.127. The van der Waals surface area contributed by atoms with Gasteiger partial charge in [0.25, 0.3) is 0 Å². The van der Waals surface area contributed by atoms with E-state index in [4.69, 9.17) is 19.7 Å². The zero-order chi connectivity index (χ0) is 30.5. The molecule has 10 heteroatoms. The molecule has 0 spiro atoms. The SMILES string of the molecule is CC[C@@H]1CN(C(=O)OCc2ccccc2)C[C@@H]1C(=O)CO.CC[C@H]1CN(C(=O)OCc2ccccc2)C[C@H]1C(=O)CO. The van der Waals surface area contributed by atoms with Crippen molar-refractivity contribution in [3.05, 3.63) is 71.8 Å². The Morgan fingerprint density at radius 2 is 1.00 bits per heavy atom. The van der Waals surface area contributed by atoms with Crippen LogP contribution in [0.4, 0.5) is 9.59 Å². The number of nitrogens with zero attached hydrogens (tertiary/aromatic N) is 2. The first kappa shape index (κ1) is 32.8. The maximum absolute atomic E-state index is 12.1. The van der Waals surface area contributed by atoms with Crippen molar-refractivity contribution >= 4 is 23.8 Å². The van der Waals surface area contributed by atoms with Crippen molar-refractivity contribution in [3.8, 4) is 0 Å². The highest BCUT2D eigenvalue weighted by atomic mass is 16.6. The molecule has 2 fully saturated rings. The number of aliphatic hydroxyl groups is 2. The van der Waals surface area contributed by atoms with E-state index in [0.717, 1.165) is 24.0 Å². The Bertz CT molecular complexity index is 1070. The Kier molecular flexibility index (Phi) is 13.0. The lowest BCUT2D eigenvalue weighted by Gasteiger charge is -2.16. The van der Waals surface area contributed by atoms with Gasteiger partial charge in [-0.1, -0.05) is 87.4 Å². The van der Waals surface area contributed by atoms with Gasteiger partial charge in [-0.3, -0.25) is 9.59 Å². The topological polar surface area (TPSA) is 134 Å². The minimum absolute atomic E-state index is 0.105. The highest BCUT2D eigenvalue weighted by Crippen LogP contribution is 2.28. The average Bonchev–Trinajstić information content (AvgIpc) is 3.68. The van der Waals surface area contributed by atoms with E-state index >= 15 is 0 Å². The van der Waals surface area contributed by atoms with Crippen LogP contribution >= 0.6 is 0 Å². The zero-order valence-corrected chi connectivity index (χ0v) is 24.4. The molecule has 0 aliphatic carbocycles. The Morgan fingerprint density at radius 1 is 0.643 bits per heavy atom. The summed E-state index contributed by atoms with van der Waals surface area (Å²) in [6.45, 7) is 5.21. The van der Waals surface area contributed by atoms with E-state index in [0.29, 0.717) is 26.2 Å². The molecular formula is C32H42N2O8. The number of rotatable bonds is 10. The van der Waals surface area contributed by atoms with Crippen molar-refractivity contribution in [1.29, 1.82) is 0 Å². The molecule has 2 heterocycles. The average molecular weight is 583 g/mol. The highest BCUT2D eigenvalue weighted by molar-refractivity contribution is 5.84. The van der Waals surface area contributed by atoms with Crippen LogP contribution in [0.1, 0.15) is 37.8 Å². The molecule has 2 aromatic carbocycles. The van der Waals surface area contributed by atoms with Crippen LogP contribution in [0.15, 0.2) is 60.7 Å². The third-order valence-corrected chi connectivity index (χ3v) is 8.00. The molecule has 2 aliphatic rings. The third-order valence-electron chi connectivity index (χ3n) is 8.00. The smallest absolute Gasteiger partial charge is 0.410 e. The number of hydrogen-bond acceptors (Lipinski definition) is 8. The van der Waals surface area contributed by atoms with Crippen LogP contribution in [-0.4, -0.2) is 83.2 Å². The molecule has 0 radical (unpaired) electrons. The van der Waals surface area contributed by atoms with Gasteiger partial charge in [0.15, 0.2) is 11.6 Å². The monoisotopic (exact) mass is 582 g/mol. The summed E-state index contributed by atoms with van der Waals surface area (Å²) >= 11 is 0. The first-order valence-corrected chi connectivity index (χ1v) is 14.5. The van der Waals surface area contributed by atoms with Crippen molar-refractivity contribution in [2.24, 2.45) is 23.7 Å². The van der Waals surface area contributed by atoms with E-state index in [9.17, 15) is 19.2 Å². The predicted octanol–water partition coefficient (Wildman–Crippen LogP) is 3.69. The van der Waals surface area contributed by atoms with E-state index in [1.54, 1.807) is 9.80 Å². The minimum Gasteiger partial charge on any atom is -0.445 e. The summed E-state index contributed by atoms with van der Waals surface area (Å²) in [4.78, 5) is 50.7. The number of hydrogen-bond donors (Lipinski definition) is 2. The number of amides is 2. The molecule has 0 saturated carbocycles. The summed E-state index contributed by atoms with van der Waals surface area (Å²) in [5, 5.41) is 18.0. The van der Waals surface area contributed by atoms with Gasteiger partial charge >= 0.3 is 12.2 Å². The summed E-state index contributed by atoms with van der Waals surface area (Å²) in [6, 6.07) is 18.9. The van der Waals surface area contributed by atoms with Crippen LogP contribution in [0.25, 0.3) is 0 Å². The first-order chi connectivity index (χ1) is 20.3. The van der Waals surface area contributed by atoms with E-state index < -0.39 is 25.4 Å². The van der Waals surface area contributed by atoms with Gasteiger partial charge in [-0.15, -0.1) is 0 Å². The Balaban J connectivity index is 0.000000230. The molecule has 10 nitrogen and oxygen atoms in total. The fraction of sp³-hybridized carbons (Fsp3) is 0.500. The summed E-state index contributed by atoms with van der Waals surface area (Å²) in [5.41, 5.74) is 1.86. The van der Waals surface area contributed by atoms with Crippen molar-refractivity contribution in [2.45, 2.75) is 39.9 Å². The molecule has 228 valence electrons.